The van der Waals surface area contributed by atoms with E-state index < -0.39 is 6.23 Å². The molecule has 3 aliphatic rings. The van der Waals surface area contributed by atoms with E-state index in [4.69, 9.17) is 20.4 Å². The summed E-state index contributed by atoms with van der Waals surface area (Å²) >= 11 is 0. The molecule has 6 rings (SSSR count). The maximum Gasteiger partial charge on any atom is 0.183 e. The molecule has 5 heterocycles. The molecule has 0 amide bonds. The van der Waals surface area contributed by atoms with Gasteiger partial charge in [0.2, 0.25) is 0 Å². The van der Waals surface area contributed by atoms with Crippen molar-refractivity contribution in [3.8, 4) is 0 Å². The molecule has 0 aliphatic carbocycles. The van der Waals surface area contributed by atoms with E-state index in [0.717, 1.165) is 37.3 Å². The Hall–Kier alpha value is -2.99. The summed E-state index contributed by atoms with van der Waals surface area (Å²) < 4.78 is 5.86. The standard InChI is InChI=1S/C25H34N8O3/c1-15-21(26)25(14-36-15)7-9-31(10-8-25)23-17(13-34)27-20-22(28-23)29-30-24(20)33-12-11-32(16(2)35)18-5-3-4-6-19(18)33/h3-6,15-16,21,34-35H,7-14,26H2,1-2H3,(H,28,29,30)/t15-,16?,21+/m0/s1. The first kappa shape index (κ1) is 23.4. The lowest BCUT2D eigenvalue weighted by molar-refractivity contribution is 0.0973. The van der Waals surface area contributed by atoms with Gasteiger partial charge in [0.25, 0.3) is 0 Å². The Morgan fingerprint density at radius 1 is 1.14 bits per heavy atom. The molecule has 0 bridgehead atoms. The SMILES string of the molecule is CC(O)N1CCN(c2n[nH]c3nc(N4CCC5(CC4)CO[C@@H](C)[C@H]5N)c(CO)nc23)c2ccccc21. The summed E-state index contributed by atoms with van der Waals surface area (Å²) in [5, 5.41) is 28.1. The molecule has 1 spiro atoms. The summed E-state index contributed by atoms with van der Waals surface area (Å²) in [6.07, 6.45) is 1.32. The number of nitrogens with zero attached hydrogens (tertiary/aromatic N) is 6. The van der Waals surface area contributed by atoms with Crippen LogP contribution in [0.2, 0.25) is 0 Å². The number of aromatic nitrogens is 4. The van der Waals surface area contributed by atoms with Crippen LogP contribution < -0.4 is 20.4 Å². The molecule has 36 heavy (non-hydrogen) atoms. The Morgan fingerprint density at radius 2 is 1.89 bits per heavy atom. The number of anilines is 4. The maximum absolute atomic E-state index is 10.2. The van der Waals surface area contributed by atoms with Crippen LogP contribution in [-0.2, 0) is 11.3 Å². The second-order valence-electron chi connectivity index (χ2n) is 10.3. The smallest absolute Gasteiger partial charge is 0.183 e. The number of benzene rings is 1. The van der Waals surface area contributed by atoms with Crippen molar-refractivity contribution in [2.45, 2.75) is 51.7 Å². The topological polar surface area (TPSA) is 140 Å². The Kier molecular flexibility index (Phi) is 5.75. The number of hydrogen-bond acceptors (Lipinski definition) is 10. The molecule has 2 fully saturated rings. The van der Waals surface area contributed by atoms with Crippen LogP contribution in [0.3, 0.4) is 0 Å². The molecule has 2 saturated heterocycles. The molecule has 11 nitrogen and oxygen atoms in total. The lowest BCUT2D eigenvalue weighted by Gasteiger charge is -2.41. The van der Waals surface area contributed by atoms with Gasteiger partial charge in [-0.3, -0.25) is 5.10 Å². The highest BCUT2D eigenvalue weighted by atomic mass is 16.5. The van der Waals surface area contributed by atoms with E-state index in [2.05, 4.69) is 20.0 Å². The van der Waals surface area contributed by atoms with Gasteiger partial charge in [-0.15, -0.1) is 0 Å². The van der Waals surface area contributed by atoms with E-state index in [0.29, 0.717) is 48.2 Å². The van der Waals surface area contributed by atoms with Gasteiger partial charge in [0.15, 0.2) is 22.8 Å². The molecular formula is C25H34N8O3. The molecule has 2 aromatic heterocycles. The molecule has 1 unspecified atom stereocenters. The van der Waals surface area contributed by atoms with Gasteiger partial charge >= 0.3 is 0 Å². The second-order valence-corrected chi connectivity index (χ2v) is 10.3. The van der Waals surface area contributed by atoms with Crippen LogP contribution in [0, 0.1) is 5.41 Å². The fourth-order valence-electron chi connectivity index (χ4n) is 6.03. The minimum Gasteiger partial charge on any atom is -0.390 e. The Labute approximate surface area is 209 Å². The number of ether oxygens (including phenoxy) is 1. The lowest BCUT2D eigenvalue weighted by Crippen LogP contribution is -2.51. The van der Waals surface area contributed by atoms with Gasteiger partial charge in [0.1, 0.15) is 11.9 Å². The number of para-hydroxylation sites is 2. The number of aliphatic hydroxyl groups excluding tert-OH is 2. The highest BCUT2D eigenvalue weighted by Crippen LogP contribution is 2.43. The summed E-state index contributed by atoms with van der Waals surface area (Å²) in [4.78, 5) is 16.0. The first-order chi connectivity index (χ1) is 17.4. The van der Waals surface area contributed by atoms with Crippen molar-refractivity contribution >= 4 is 34.2 Å². The minimum absolute atomic E-state index is 0.00951. The summed E-state index contributed by atoms with van der Waals surface area (Å²) in [5.74, 6) is 1.35. The van der Waals surface area contributed by atoms with Gasteiger partial charge in [-0.1, -0.05) is 12.1 Å². The van der Waals surface area contributed by atoms with E-state index in [1.807, 2.05) is 36.1 Å². The summed E-state index contributed by atoms with van der Waals surface area (Å²) in [6.45, 7) is 7.15. The molecule has 11 heteroatoms. The molecule has 0 radical (unpaired) electrons. The molecule has 192 valence electrons. The number of rotatable bonds is 4. The fourth-order valence-corrected chi connectivity index (χ4v) is 6.03. The summed E-state index contributed by atoms with van der Waals surface area (Å²) in [6, 6.07) is 7.99. The average molecular weight is 495 g/mol. The van der Waals surface area contributed by atoms with Crippen LogP contribution in [0.1, 0.15) is 32.4 Å². The largest absolute Gasteiger partial charge is 0.390 e. The summed E-state index contributed by atoms with van der Waals surface area (Å²) in [7, 11) is 0. The third-order valence-electron chi connectivity index (χ3n) is 8.23. The minimum atomic E-state index is -0.593. The highest BCUT2D eigenvalue weighted by Gasteiger charge is 2.47. The number of hydrogen-bond donors (Lipinski definition) is 4. The third kappa shape index (κ3) is 3.61. The van der Waals surface area contributed by atoms with Crippen molar-refractivity contribution in [2.24, 2.45) is 11.1 Å². The van der Waals surface area contributed by atoms with Crippen molar-refractivity contribution in [2.75, 3.05) is 47.5 Å². The molecular weight excluding hydrogens is 460 g/mol. The Morgan fingerprint density at radius 3 is 2.56 bits per heavy atom. The van der Waals surface area contributed by atoms with E-state index in [1.54, 1.807) is 6.92 Å². The number of nitrogens with two attached hydrogens (primary N) is 1. The second kappa shape index (κ2) is 8.84. The summed E-state index contributed by atoms with van der Waals surface area (Å²) in [5.41, 5.74) is 10.1. The van der Waals surface area contributed by atoms with E-state index >= 15 is 0 Å². The van der Waals surface area contributed by atoms with Crippen LogP contribution in [0.25, 0.3) is 11.2 Å². The molecule has 3 aromatic rings. The molecule has 1 aromatic carbocycles. The van der Waals surface area contributed by atoms with Crippen LogP contribution in [0.15, 0.2) is 24.3 Å². The monoisotopic (exact) mass is 494 g/mol. The van der Waals surface area contributed by atoms with Gasteiger partial charge in [0, 0.05) is 37.6 Å². The van der Waals surface area contributed by atoms with E-state index in [9.17, 15) is 10.2 Å². The van der Waals surface area contributed by atoms with Gasteiger partial charge in [0.05, 0.1) is 30.7 Å². The first-order valence-electron chi connectivity index (χ1n) is 12.7. The van der Waals surface area contributed by atoms with Gasteiger partial charge in [-0.2, -0.15) is 5.10 Å². The zero-order chi connectivity index (χ0) is 25.0. The van der Waals surface area contributed by atoms with Crippen LogP contribution in [0.5, 0.6) is 0 Å². The number of aromatic amines is 1. The van der Waals surface area contributed by atoms with Crippen molar-refractivity contribution < 1.29 is 14.9 Å². The molecule has 3 atom stereocenters. The zero-order valence-corrected chi connectivity index (χ0v) is 20.8. The predicted octanol–water partition coefficient (Wildman–Crippen LogP) is 1.47. The Bertz CT molecular complexity index is 1260. The van der Waals surface area contributed by atoms with Crippen molar-refractivity contribution in [3.63, 3.8) is 0 Å². The molecule has 3 aliphatic heterocycles. The highest BCUT2D eigenvalue weighted by molar-refractivity contribution is 5.90. The molecule has 5 N–H and O–H groups in total. The van der Waals surface area contributed by atoms with Crippen molar-refractivity contribution in [1.82, 2.24) is 20.2 Å². The number of H-pyrrole nitrogens is 1. The fraction of sp³-hybridized carbons (Fsp3) is 0.560. The zero-order valence-electron chi connectivity index (χ0n) is 20.8. The quantitative estimate of drug-likeness (QED) is 0.421. The number of piperidine rings is 1. The van der Waals surface area contributed by atoms with Gasteiger partial charge in [-0.05, 0) is 38.8 Å². The first-order valence-corrected chi connectivity index (χ1v) is 12.7. The van der Waals surface area contributed by atoms with Crippen LogP contribution in [0.4, 0.5) is 23.0 Å². The Balaban J connectivity index is 1.31. The number of fused-ring (bicyclic) bond motifs is 2. The third-order valence-corrected chi connectivity index (χ3v) is 8.23. The van der Waals surface area contributed by atoms with E-state index in [-0.39, 0.29) is 24.2 Å². The average Bonchev–Trinajstić information content (AvgIpc) is 3.43. The number of aliphatic hydroxyl groups is 2. The maximum atomic E-state index is 10.2. The molecule has 0 saturated carbocycles. The predicted molar refractivity (Wildman–Crippen MR) is 137 cm³/mol. The number of nitrogens with one attached hydrogen (secondary N) is 1. The van der Waals surface area contributed by atoms with Crippen LogP contribution in [-0.4, -0.2) is 81.5 Å². The van der Waals surface area contributed by atoms with Crippen molar-refractivity contribution in [1.29, 1.82) is 0 Å². The van der Waals surface area contributed by atoms with Gasteiger partial charge < -0.3 is 35.4 Å². The van der Waals surface area contributed by atoms with Gasteiger partial charge in [-0.25, -0.2) is 9.97 Å². The van der Waals surface area contributed by atoms with Crippen molar-refractivity contribution in [3.05, 3.63) is 30.0 Å². The lowest BCUT2D eigenvalue weighted by atomic mass is 9.73. The van der Waals surface area contributed by atoms with E-state index in [1.165, 1.54) is 0 Å². The van der Waals surface area contributed by atoms with Crippen LogP contribution >= 0.6 is 0 Å². The normalized spacial score (nSPS) is 24.5.